The van der Waals surface area contributed by atoms with Crippen LogP contribution < -0.4 is 16.0 Å². The maximum Gasteiger partial charge on any atom is 0.267 e. The molecule has 0 unspecified atom stereocenters. The Morgan fingerprint density at radius 2 is 2.14 bits per heavy atom. The number of aromatic nitrogens is 6. The molecule has 0 saturated carbocycles. The first kappa shape index (κ1) is 13.0. The lowest BCUT2D eigenvalue weighted by Crippen LogP contribution is -2.24. The largest absolute Gasteiger partial charge is 0.480 e. The van der Waals surface area contributed by atoms with E-state index in [1.54, 1.807) is 17.9 Å². The number of nitrogens with two attached hydrogens (primary N) is 1. The van der Waals surface area contributed by atoms with E-state index in [4.69, 9.17) is 10.5 Å². The monoisotopic (exact) mass is 287 g/mol. The van der Waals surface area contributed by atoms with E-state index in [1.807, 2.05) is 0 Å². The third kappa shape index (κ3) is 2.29. The number of rotatable bonds is 3. The molecule has 3 aromatic heterocycles. The smallest absolute Gasteiger partial charge is 0.267 e. The summed E-state index contributed by atoms with van der Waals surface area (Å²) in [5.74, 6) is 1.04. The van der Waals surface area contributed by atoms with Gasteiger partial charge in [0.05, 0.1) is 18.7 Å². The lowest BCUT2D eigenvalue weighted by Gasteiger charge is -2.06. The van der Waals surface area contributed by atoms with Gasteiger partial charge in [-0.1, -0.05) is 0 Å². The molecule has 0 aliphatic carbocycles. The van der Waals surface area contributed by atoms with E-state index in [-0.39, 0.29) is 12.1 Å². The molecule has 0 spiro atoms. The lowest BCUT2D eigenvalue weighted by atomic mass is 10.4. The Balaban J connectivity index is 2.05. The number of methoxy groups -OCH3 is 1. The van der Waals surface area contributed by atoms with Crippen LogP contribution in [0.2, 0.25) is 0 Å². The van der Waals surface area contributed by atoms with Crippen molar-refractivity contribution in [3.63, 3.8) is 0 Å². The van der Waals surface area contributed by atoms with Gasteiger partial charge in [-0.15, -0.1) is 5.10 Å². The zero-order valence-corrected chi connectivity index (χ0v) is 11.5. The number of fused-ring (bicyclic) bond motifs is 1. The van der Waals surface area contributed by atoms with Crippen LogP contribution in [0, 0.1) is 0 Å². The van der Waals surface area contributed by atoms with Crippen molar-refractivity contribution in [3.05, 3.63) is 34.5 Å². The second kappa shape index (κ2) is 4.85. The predicted octanol–water partition coefficient (Wildman–Crippen LogP) is -0.441. The summed E-state index contributed by atoms with van der Waals surface area (Å²) in [5.41, 5.74) is 6.21. The molecule has 0 aliphatic rings. The maximum absolute atomic E-state index is 11.8. The van der Waals surface area contributed by atoms with Gasteiger partial charge in [-0.2, -0.15) is 5.10 Å². The molecule has 0 saturated heterocycles. The summed E-state index contributed by atoms with van der Waals surface area (Å²) in [7, 11) is 3.24. The molecule has 0 radical (unpaired) electrons. The van der Waals surface area contributed by atoms with Crippen molar-refractivity contribution in [2.45, 2.75) is 6.54 Å². The van der Waals surface area contributed by atoms with Crippen LogP contribution in [0.5, 0.6) is 5.88 Å². The van der Waals surface area contributed by atoms with Crippen LogP contribution in [-0.4, -0.2) is 36.6 Å². The van der Waals surface area contributed by atoms with Gasteiger partial charge in [0.15, 0.2) is 11.5 Å². The van der Waals surface area contributed by atoms with Crippen molar-refractivity contribution in [2.24, 2.45) is 7.05 Å². The molecule has 3 aromatic rings. The van der Waals surface area contributed by atoms with Crippen LogP contribution in [0.3, 0.4) is 0 Å². The van der Waals surface area contributed by atoms with Crippen molar-refractivity contribution in [3.8, 4) is 5.88 Å². The second-order valence-corrected chi connectivity index (χ2v) is 4.40. The predicted molar refractivity (Wildman–Crippen MR) is 74.9 cm³/mol. The number of hydrogen-bond donors (Lipinski definition) is 1. The highest BCUT2D eigenvalue weighted by Crippen LogP contribution is 2.16. The molecular weight excluding hydrogens is 274 g/mol. The van der Waals surface area contributed by atoms with Gasteiger partial charge < -0.3 is 10.5 Å². The maximum atomic E-state index is 11.8. The highest BCUT2D eigenvalue weighted by atomic mass is 16.5. The number of aryl methyl sites for hydroxylation is 1. The van der Waals surface area contributed by atoms with Gasteiger partial charge in [-0.3, -0.25) is 9.48 Å². The Morgan fingerprint density at radius 3 is 2.90 bits per heavy atom. The average Bonchev–Trinajstić information content (AvgIpc) is 2.84. The SMILES string of the molecule is COc1ccc(=O)n(Cc2nc(N)c3cnn(C)c3n2)n1. The minimum atomic E-state index is -0.275. The fraction of sp³-hybridized carbons (Fsp3) is 0.250. The quantitative estimate of drug-likeness (QED) is 0.694. The molecule has 0 atom stereocenters. The van der Waals surface area contributed by atoms with Crippen LogP contribution in [0.25, 0.3) is 11.0 Å². The number of hydrogen-bond acceptors (Lipinski definition) is 7. The third-order valence-electron chi connectivity index (χ3n) is 3.01. The van der Waals surface area contributed by atoms with Crippen LogP contribution in [0.15, 0.2) is 23.1 Å². The Kier molecular flexibility index (Phi) is 3.01. The van der Waals surface area contributed by atoms with Gasteiger partial charge in [0.1, 0.15) is 12.4 Å². The molecule has 0 bridgehead atoms. The van der Waals surface area contributed by atoms with Gasteiger partial charge >= 0.3 is 0 Å². The first-order valence-corrected chi connectivity index (χ1v) is 6.14. The van der Waals surface area contributed by atoms with E-state index in [1.165, 1.54) is 23.9 Å². The number of anilines is 1. The second-order valence-electron chi connectivity index (χ2n) is 4.40. The third-order valence-corrected chi connectivity index (χ3v) is 3.01. The topological polar surface area (TPSA) is 114 Å². The molecular formula is C12H13N7O2. The van der Waals surface area contributed by atoms with Gasteiger partial charge in [0.2, 0.25) is 5.88 Å². The van der Waals surface area contributed by atoms with E-state index < -0.39 is 0 Å². The highest BCUT2D eigenvalue weighted by Gasteiger charge is 2.11. The van der Waals surface area contributed by atoms with E-state index in [0.29, 0.717) is 28.6 Å². The number of nitrogens with zero attached hydrogens (tertiary/aromatic N) is 6. The Bertz CT molecular complexity index is 868. The van der Waals surface area contributed by atoms with Crippen molar-refractivity contribution in [1.29, 1.82) is 0 Å². The summed E-state index contributed by atoms with van der Waals surface area (Å²) in [6.45, 7) is 0.0986. The van der Waals surface area contributed by atoms with Crippen LogP contribution >= 0.6 is 0 Å². The lowest BCUT2D eigenvalue weighted by molar-refractivity contribution is 0.378. The molecule has 3 rings (SSSR count). The van der Waals surface area contributed by atoms with E-state index in [2.05, 4.69) is 20.2 Å². The van der Waals surface area contributed by atoms with Crippen LogP contribution in [0.4, 0.5) is 5.82 Å². The standard InChI is InChI=1S/C12H13N7O2/c1-18-12-7(5-14-18)11(13)15-8(16-12)6-19-10(20)4-3-9(17-19)21-2/h3-5H,6H2,1-2H3,(H2,13,15,16). The minimum Gasteiger partial charge on any atom is -0.480 e. The number of nitrogen functional groups attached to an aromatic ring is 1. The minimum absolute atomic E-state index is 0.0986. The molecule has 2 N–H and O–H groups in total. The summed E-state index contributed by atoms with van der Waals surface area (Å²) >= 11 is 0. The summed E-state index contributed by atoms with van der Waals surface area (Å²) in [4.78, 5) is 20.3. The molecule has 0 fully saturated rings. The Labute approximate surface area is 119 Å². The zero-order chi connectivity index (χ0) is 15.0. The van der Waals surface area contributed by atoms with Gasteiger partial charge in [-0.05, 0) is 0 Å². The molecule has 3 heterocycles. The van der Waals surface area contributed by atoms with Crippen molar-refractivity contribution in [2.75, 3.05) is 12.8 Å². The summed E-state index contributed by atoms with van der Waals surface area (Å²) in [5, 5.41) is 8.80. The van der Waals surface area contributed by atoms with Crippen molar-refractivity contribution >= 4 is 16.9 Å². The summed E-state index contributed by atoms with van der Waals surface area (Å²) in [6.07, 6.45) is 1.60. The van der Waals surface area contributed by atoms with E-state index in [9.17, 15) is 4.79 Å². The molecule has 21 heavy (non-hydrogen) atoms. The normalized spacial score (nSPS) is 11.0. The molecule has 0 aliphatic heterocycles. The Hall–Kier alpha value is -2.97. The molecule has 0 aromatic carbocycles. The highest BCUT2D eigenvalue weighted by molar-refractivity contribution is 5.84. The molecule has 0 amide bonds. The molecule has 9 heteroatoms. The van der Waals surface area contributed by atoms with Crippen LogP contribution in [-0.2, 0) is 13.6 Å². The van der Waals surface area contributed by atoms with Crippen molar-refractivity contribution < 1.29 is 4.74 Å². The molecule has 108 valence electrons. The first-order valence-electron chi connectivity index (χ1n) is 6.14. The van der Waals surface area contributed by atoms with E-state index in [0.717, 1.165) is 0 Å². The van der Waals surface area contributed by atoms with E-state index >= 15 is 0 Å². The first-order chi connectivity index (χ1) is 10.1. The number of ether oxygens (including phenoxy) is 1. The average molecular weight is 287 g/mol. The van der Waals surface area contributed by atoms with Crippen LogP contribution in [0.1, 0.15) is 5.82 Å². The Morgan fingerprint density at radius 1 is 1.33 bits per heavy atom. The van der Waals surface area contributed by atoms with Gasteiger partial charge in [0.25, 0.3) is 5.56 Å². The fourth-order valence-electron chi connectivity index (χ4n) is 1.95. The zero-order valence-electron chi connectivity index (χ0n) is 11.5. The van der Waals surface area contributed by atoms with Gasteiger partial charge in [0, 0.05) is 19.2 Å². The van der Waals surface area contributed by atoms with Crippen molar-refractivity contribution in [1.82, 2.24) is 29.5 Å². The summed E-state index contributed by atoms with van der Waals surface area (Å²) in [6, 6.07) is 2.87. The summed E-state index contributed by atoms with van der Waals surface area (Å²) < 4.78 is 7.81. The fourth-order valence-corrected chi connectivity index (χ4v) is 1.95. The van der Waals surface area contributed by atoms with Gasteiger partial charge in [-0.25, -0.2) is 14.6 Å². The molecule has 9 nitrogen and oxygen atoms in total.